The molecule has 4 nitrogen and oxygen atoms in total. The first-order valence-corrected chi connectivity index (χ1v) is 5.72. The zero-order valence-electron chi connectivity index (χ0n) is 9.52. The van der Waals surface area contributed by atoms with Crippen LogP contribution in [-0.4, -0.2) is 59.2 Å². The lowest BCUT2D eigenvalue weighted by molar-refractivity contribution is 0.00150. The average molecular weight is 217 g/mol. The summed E-state index contributed by atoms with van der Waals surface area (Å²) in [6, 6.07) is 0.537. The van der Waals surface area contributed by atoms with Crippen molar-refractivity contribution in [1.29, 1.82) is 0 Å². The van der Waals surface area contributed by atoms with Crippen LogP contribution in [0.5, 0.6) is 0 Å². The minimum atomic E-state index is -0.454. The monoisotopic (exact) mass is 217 g/mol. The van der Waals surface area contributed by atoms with E-state index in [-0.39, 0.29) is 19.8 Å². The summed E-state index contributed by atoms with van der Waals surface area (Å²) >= 11 is 0. The van der Waals surface area contributed by atoms with Crippen LogP contribution < -0.4 is 0 Å². The Hall–Kier alpha value is -0.160. The highest BCUT2D eigenvalue weighted by atomic mass is 16.3. The molecule has 0 heterocycles. The molecule has 0 atom stereocenters. The summed E-state index contributed by atoms with van der Waals surface area (Å²) in [5.74, 6) is 0. The molecule has 0 aromatic heterocycles. The van der Waals surface area contributed by atoms with Crippen LogP contribution in [0.4, 0.5) is 0 Å². The molecule has 0 aromatic rings. The summed E-state index contributed by atoms with van der Waals surface area (Å²) in [7, 11) is 0. The fourth-order valence-electron chi connectivity index (χ4n) is 1.91. The lowest BCUT2D eigenvalue weighted by atomic mass is 9.87. The molecule has 3 N–H and O–H groups in total. The molecule has 0 aromatic carbocycles. The van der Waals surface area contributed by atoms with Crippen LogP contribution in [0.2, 0.25) is 0 Å². The van der Waals surface area contributed by atoms with Crippen LogP contribution in [0.15, 0.2) is 0 Å². The van der Waals surface area contributed by atoms with Crippen molar-refractivity contribution in [1.82, 2.24) is 4.90 Å². The average Bonchev–Trinajstić information content (AvgIpc) is 2.15. The number of aliphatic hydroxyl groups excluding tert-OH is 3. The van der Waals surface area contributed by atoms with E-state index >= 15 is 0 Å². The van der Waals surface area contributed by atoms with Crippen molar-refractivity contribution in [3.63, 3.8) is 0 Å². The van der Waals surface area contributed by atoms with Gasteiger partial charge in [-0.3, -0.25) is 4.90 Å². The highest BCUT2D eigenvalue weighted by molar-refractivity contribution is 4.85. The van der Waals surface area contributed by atoms with Crippen LogP contribution in [0.1, 0.15) is 26.2 Å². The zero-order chi connectivity index (χ0) is 11.3. The van der Waals surface area contributed by atoms with Crippen molar-refractivity contribution in [3.05, 3.63) is 0 Å². The van der Waals surface area contributed by atoms with Gasteiger partial charge in [-0.05, 0) is 12.8 Å². The van der Waals surface area contributed by atoms with Crippen molar-refractivity contribution < 1.29 is 15.3 Å². The van der Waals surface area contributed by atoms with E-state index in [1.807, 2.05) is 6.92 Å². The summed E-state index contributed by atoms with van der Waals surface area (Å²) in [6.45, 7) is 3.28. The molecular weight excluding hydrogens is 194 g/mol. The van der Waals surface area contributed by atoms with Gasteiger partial charge in [-0.15, -0.1) is 0 Å². The third kappa shape index (κ3) is 3.41. The maximum absolute atomic E-state index is 9.23. The Bertz CT molecular complexity index is 179. The van der Waals surface area contributed by atoms with E-state index in [1.165, 1.54) is 19.3 Å². The van der Waals surface area contributed by atoms with Crippen molar-refractivity contribution in [3.8, 4) is 0 Å². The van der Waals surface area contributed by atoms with E-state index < -0.39 is 5.41 Å². The predicted octanol–water partition coefficient (Wildman–Crippen LogP) is -0.176. The Labute approximate surface area is 91.5 Å². The summed E-state index contributed by atoms with van der Waals surface area (Å²) in [4.78, 5) is 2.19. The van der Waals surface area contributed by atoms with E-state index in [2.05, 4.69) is 4.90 Å². The second-order valence-corrected chi connectivity index (χ2v) is 4.91. The van der Waals surface area contributed by atoms with Gasteiger partial charge in [0, 0.05) is 24.5 Å². The smallest absolute Gasteiger partial charge is 0.0558 e. The highest BCUT2D eigenvalue weighted by Crippen LogP contribution is 2.27. The maximum Gasteiger partial charge on any atom is 0.0558 e. The molecule has 0 radical (unpaired) electrons. The fourth-order valence-corrected chi connectivity index (χ4v) is 1.91. The molecule has 1 aliphatic rings. The third-order valence-electron chi connectivity index (χ3n) is 3.33. The number of nitrogens with zero attached hydrogens (tertiary/aromatic N) is 1. The van der Waals surface area contributed by atoms with Gasteiger partial charge in [-0.1, -0.05) is 13.3 Å². The van der Waals surface area contributed by atoms with Gasteiger partial charge in [0.05, 0.1) is 19.8 Å². The zero-order valence-corrected chi connectivity index (χ0v) is 9.52. The van der Waals surface area contributed by atoms with E-state index in [1.54, 1.807) is 0 Å². The first kappa shape index (κ1) is 12.9. The molecule has 1 rings (SSSR count). The molecular formula is C11H23NO3. The van der Waals surface area contributed by atoms with Gasteiger partial charge in [-0.25, -0.2) is 0 Å². The topological polar surface area (TPSA) is 63.9 Å². The highest BCUT2D eigenvalue weighted by Gasteiger charge is 2.31. The number of rotatable bonds is 7. The Morgan fingerprint density at radius 2 is 1.80 bits per heavy atom. The van der Waals surface area contributed by atoms with E-state index in [0.29, 0.717) is 19.1 Å². The van der Waals surface area contributed by atoms with E-state index in [0.717, 1.165) is 0 Å². The molecule has 1 saturated carbocycles. The largest absolute Gasteiger partial charge is 0.396 e. The van der Waals surface area contributed by atoms with Gasteiger partial charge in [-0.2, -0.15) is 0 Å². The molecule has 90 valence electrons. The van der Waals surface area contributed by atoms with Crippen LogP contribution in [-0.2, 0) is 0 Å². The second-order valence-electron chi connectivity index (χ2n) is 4.91. The third-order valence-corrected chi connectivity index (χ3v) is 3.33. The summed E-state index contributed by atoms with van der Waals surface area (Å²) in [5, 5.41) is 27.4. The molecule has 4 heteroatoms. The fraction of sp³-hybridized carbons (Fsp3) is 1.00. The Morgan fingerprint density at radius 1 is 1.20 bits per heavy atom. The molecule has 0 amide bonds. The van der Waals surface area contributed by atoms with Crippen LogP contribution in [0, 0.1) is 5.41 Å². The Morgan fingerprint density at radius 3 is 2.13 bits per heavy atom. The molecule has 0 aliphatic heterocycles. The van der Waals surface area contributed by atoms with Gasteiger partial charge in [0.15, 0.2) is 0 Å². The van der Waals surface area contributed by atoms with Crippen molar-refractivity contribution in [2.45, 2.75) is 32.2 Å². The van der Waals surface area contributed by atoms with E-state index in [4.69, 9.17) is 5.11 Å². The molecule has 0 saturated heterocycles. The lowest BCUT2D eigenvalue weighted by Crippen LogP contribution is -2.49. The standard InChI is InChI=1S/C11H23NO3/c1-11(8-14,9-15)7-12(5-6-13)10-3-2-4-10/h10,13-15H,2-9H2,1H3. The Kier molecular flexibility index (Phi) is 4.99. The predicted molar refractivity (Wildman–Crippen MR) is 58.6 cm³/mol. The molecule has 0 spiro atoms. The minimum absolute atomic E-state index is 0.0157. The number of aliphatic hydroxyl groups is 3. The van der Waals surface area contributed by atoms with Crippen molar-refractivity contribution in [2.24, 2.45) is 5.41 Å². The van der Waals surface area contributed by atoms with Gasteiger partial charge in [0.25, 0.3) is 0 Å². The van der Waals surface area contributed by atoms with Crippen LogP contribution >= 0.6 is 0 Å². The molecule has 1 fully saturated rings. The number of hydrogen-bond donors (Lipinski definition) is 3. The Balaban J connectivity index is 2.48. The molecule has 0 unspecified atom stereocenters. The quantitative estimate of drug-likeness (QED) is 0.554. The minimum Gasteiger partial charge on any atom is -0.396 e. The first-order chi connectivity index (χ1) is 7.15. The maximum atomic E-state index is 9.23. The van der Waals surface area contributed by atoms with Gasteiger partial charge in [0.2, 0.25) is 0 Å². The second kappa shape index (κ2) is 5.80. The first-order valence-electron chi connectivity index (χ1n) is 5.72. The van der Waals surface area contributed by atoms with Gasteiger partial charge < -0.3 is 15.3 Å². The summed E-state index contributed by atoms with van der Waals surface area (Å²) in [5.41, 5.74) is -0.454. The van der Waals surface area contributed by atoms with Gasteiger partial charge >= 0.3 is 0 Å². The van der Waals surface area contributed by atoms with Crippen LogP contribution in [0.3, 0.4) is 0 Å². The molecule has 0 bridgehead atoms. The molecule has 1 aliphatic carbocycles. The van der Waals surface area contributed by atoms with Crippen molar-refractivity contribution >= 4 is 0 Å². The lowest BCUT2D eigenvalue weighted by Gasteiger charge is -2.41. The van der Waals surface area contributed by atoms with Crippen LogP contribution in [0.25, 0.3) is 0 Å². The summed E-state index contributed by atoms with van der Waals surface area (Å²) < 4.78 is 0. The SMILES string of the molecule is CC(CO)(CO)CN(CCO)C1CCC1. The summed E-state index contributed by atoms with van der Waals surface area (Å²) in [6.07, 6.45) is 3.60. The number of hydrogen-bond acceptors (Lipinski definition) is 4. The van der Waals surface area contributed by atoms with E-state index in [9.17, 15) is 10.2 Å². The molecule has 15 heavy (non-hydrogen) atoms. The van der Waals surface area contributed by atoms with Crippen molar-refractivity contribution in [2.75, 3.05) is 32.9 Å². The van der Waals surface area contributed by atoms with Gasteiger partial charge in [0.1, 0.15) is 0 Å². The normalized spacial score (nSPS) is 18.2.